The van der Waals surface area contributed by atoms with Crippen molar-refractivity contribution in [3.05, 3.63) is 34.9 Å². The Hall–Kier alpha value is -0.660. The lowest BCUT2D eigenvalue weighted by Crippen LogP contribution is -2.36. The van der Waals surface area contributed by atoms with E-state index >= 15 is 0 Å². The zero-order chi connectivity index (χ0) is 15.8. The second kappa shape index (κ2) is 8.84. The average molecular weight is 346 g/mol. The first-order valence-corrected chi connectivity index (χ1v) is 9.62. The number of hydrogen-bond donors (Lipinski definition) is 2. The molecule has 1 fully saturated rings. The quantitative estimate of drug-likeness (QED) is 0.674. The Bertz CT molecular complexity index is 542. The Labute approximate surface area is 138 Å². The second-order valence-electron chi connectivity index (χ2n) is 5.60. The molecule has 0 atom stereocenters. The molecular formula is C15H24ClN3O2S. The van der Waals surface area contributed by atoms with Crippen LogP contribution in [0, 0.1) is 0 Å². The molecular weight excluding hydrogens is 322 g/mol. The van der Waals surface area contributed by atoms with E-state index in [4.69, 9.17) is 11.6 Å². The summed E-state index contributed by atoms with van der Waals surface area (Å²) in [6, 6.07) is 7.11. The normalized spacial score (nSPS) is 16.2. The first-order valence-electron chi connectivity index (χ1n) is 7.76. The molecule has 0 amide bonds. The van der Waals surface area contributed by atoms with Gasteiger partial charge in [-0.25, -0.2) is 4.72 Å². The van der Waals surface area contributed by atoms with Gasteiger partial charge in [-0.2, -0.15) is 13.1 Å². The fourth-order valence-corrected chi connectivity index (χ4v) is 3.50. The van der Waals surface area contributed by atoms with Crippen molar-refractivity contribution in [3.63, 3.8) is 0 Å². The van der Waals surface area contributed by atoms with Crippen LogP contribution in [0.2, 0.25) is 5.02 Å². The van der Waals surface area contributed by atoms with Gasteiger partial charge >= 0.3 is 0 Å². The minimum absolute atomic E-state index is 0.264. The fraction of sp³-hybridized carbons (Fsp3) is 0.600. The molecule has 1 aliphatic heterocycles. The summed E-state index contributed by atoms with van der Waals surface area (Å²) in [6.07, 6.45) is 4.47. The molecule has 7 heteroatoms. The molecule has 124 valence electrons. The van der Waals surface area contributed by atoms with Crippen molar-refractivity contribution < 1.29 is 8.42 Å². The molecule has 0 aliphatic carbocycles. The van der Waals surface area contributed by atoms with Crippen LogP contribution >= 0.6 is 11.6 Å². The Morgan fingerprint density at radius 3 is 2.41 bits per heavy atom. The van der Waals surface area contributed by atoms with Crippen molar-refractivity contribution in [2.24, 2.45) is 0 Å². The lowest BCUT2D eigenvalue weighted by molar-refractivity contribution is 0.330. The van der Waals surface area contributed by atoms with Gasteiger partial charge in [-0.15, -0.1) is 0 Å². The summed E-state index contributed by atoms with van der Waals surface area (Å²) in [4.78, 5) is 2.44. The number of nitrogens with zero attached hydrogens (tertiary/aromatic N) is 1. The molecule has 0 aromatic heterocycles. The van der Waals surface area contributed by atoms with Crippen LogP contribution in [-0.2, 0) is 16.8 Å². The molecule has 1 aromatic rings. The maximum Gasteiger partial charge on any atom is 0.277 e. The number of unbranched alkanes of at least 4 members (excludes halogenated alkanes) is 1. The Morgan fingerprint density at radius 2 is 1.73 bits per heavy atom. The van der Waals surface area contributed by atoms with Gasteiger partial charge in [0.1, 0.15) is 0 Å². The van der Waals surface area contributed by atoms with E-state index in [-0.39, 0.29) is 6.54 Å². The van der Waals surface area contributed by atoms with Crippen molar-refractivity contribution in [3.8, 4) is 0 Å². The zero-order valence-corrected chi connectivity index (χ0v) is 14.3. The van der Waals surface area contributed by atoms with E-state index in [2.05, 4.69) is 14.3 Å². The smallest absolute Gasteiger partial charge is 0.277 e. The number of halogens is 1. The maximum absolute atomic E-state index is 11.8. The molecule has 1 aliphatic rings. The van der Waals surface area contributed by atoms with Crippen LogP contribution in [0.5, 0.6) is 0 Å². The lowest BCUT2D eigenvalue weighted by Gasteiger charge is -2.14. The number of likely N-dealkylation sites (tertiary alicyclic amines) is 1. The molecule has 0 spiro atoms. The van der Waals surface area contributed by atoms with Crippen LogP contribution in [0.3, 0.4) is 0 Å². The number of benzene rings is 1. The molecule has 0 radical (unpaired) electrons. The molecule has 22 heavy (non-hydrogen) atoms. The number of nitrogens with one attached hydrogen (secondary N) is 2. The van der Waals surface area contributed by atoms with Crippen molar-refractivity contribution >= 4 is 21.8 Å². The third-order valence-corrected chi connectivity index (χ3v) is 5.13. The van der Waals surface area contributed by atoms with Gasteiger partial charge in [-0.1, -0.05) is 23.7 Å². The van der Waals surface area contributed by atoms with E-state index in [0.29, 0.717) is 11.6 Å². The molecule has 1 aromatic carbocycles. The molecule has 0 bridgehead atoms. The van der Waals surface area contributed by atoms with Crippen LogP contribution in [-0.4, -0.2) is 39.5 Å². The van der Waals surface area contributed by atoms with E-state index < -0.39 is 10.2 Å². The first-order chi connectivity index (χ1) is 10.6. The summed E-state index contributed by atoms with van der Waals surface area (Å²) in [5.74, 6) is 0. The van der Waals surface area contributed by atoms with Crippen molar-refractivity contribution in [1.29, 1.82) is 0 Å². The molecule has 1 heterocycles. The number of rotatable bonds is 9. The van der Waals surface area contributed by atoms with Gasteiger partial charge in [-0.05, 0) is 63.0 Å². The van der Waals surface area contributed by atoms with Gasteiger partial charge < -0.3 is 4.90 Å². The van der Waals surface area contributed by atoms with Crippen LogP contribution in [0.25, 0.3) is 0 Å². The Morgan fingerprint density at radius 1 is 1.05 bits per heavy atom. The van der Waals surface area contributed by atoms with E-state index in [1.807, 2.05) is 0 Å². The zero-order valence-electron chi connectivity index (χ0n) is 12.7. The lowest BCUT2D eigenvalue weighted by atomic mass is 10.2. The maximum atomic E-state index is 11.8. The summed E-state index contributed by atoms with van der Waals surface area (Å²) in [5, 5.41) is 0.641. The topological polar surface area (TPSA) is 61.4 Å². The van der Waals surface area contributed by atoms with E-state index in [1.54, 1.807) is 24.3 Å². The summed E-state index contributed by atoms with van der Waals surface area (Å²) < 4.78 is 28.8. The highest BCUT2D eigenvalue weighted by atomic mass is 35.5. The molecule has 2 N–H and O–H groups in total. The van der Waals surface area contributed by atoms with E-state index in [9.17, 15) is 8.42 Å². The molecule has 5 nitrogen and oxygen atoms in total. The van der Waals surface area contributed by atoms with Crippen molar-refractivity contribution in [2.45, 2.75) is 32.2 Å². The summed E-state index contributed by atoms with van der Waals surface area (Å²) in [6.45, 7) is 4.19. The summed E-state index contributed by atoms with van der Waals surface area (Å²) >= 11 is 5.79. The van der Waals surface area contributed by atoms with Crippen molar-refractivity contribution in [1.82, 2.24) is 14.3 Å². The molecule has 0 unspecified atom stereocenters. The predicted molar refractivity (Wildman–Crippen MR) is 90.1 cm³/mol. The summed E-state index contributed by atoms with van der Waals surface area (Å²) in [5.41, 5.74) is 0.879. The first kappa shape index (κ1) is 17.7. The van der Waals surface area contributed by atoms with Gasteiger partial charge in [-0.3, -0.25) is 0 Å². The van der Waals surface area contributed by atoms with Crippen LogP contribution in [0.15, 0.2) is 24.3 Å². The van der Waals surface area contributed by atoms with E-state index in [0.717, 1.165) is 24.9 Å². The third-order valence-electron chi connectivity index (χ3n) is 3.77. The second-order valence-corrected chi connectivity index (χ2v) is 7.62. The monoisotopic (exact) mass is 345 g/mol. The fourth-order valence-electron chi connectivity index (χ4n) is 2.50. The SMILES string of the molecule is O=S(=O)(NCCCCN1CCCC1)NCc1ccc(Cl)cc1. The van der Waals surface area contributed by atoms with Gasteiger partial charge in [0.15, 0.2) is 0 Å². The number of hydrogen-bond acceptors (Lipinski definition) is 3. The predicted octanol–water partition coefficient (Wildman–Crippen LogP) is 2.14. The minimum Gasteiger partial charge on any atom is -0.303 e. The van der Waals surface area contributed by atoms with E-state index in [1.165, 1.54) is 25.9 Å². The van der Waals surface area contributed by atoms with Gasteiger partial charge in [0.2, 0.25) is 0 Å². The summed E-state index contributed by atoms with van der Waals surface area (Å²) in [7, 11) is -3.44. The van der Waals surface area contributed by atoms with Gasteiger partial charge in [0.05, 0.1) is 0 Å². The highest BCUT2D eigenvalue weighted by Gasteiger charge is 2.11. The minimum atomic E-state index is -3.44. The largest absolute Gasteiger partial charge is 0.303 e. The van der Waals surface area contributed by atoms with Gasteiger partial charge in [0.25, 0.3) is 10.2 Å². The Balaban J connectivity index is 1.60. The van der Waals surface area contributed by atoms with Crippen LogP contribution in [0.1, 0.15) is 31.2 Å². The molecule has 0 saturated carbocycles. The molecule has 2 rings (SSSR count). The van der Waals surface area contributed by atoms with Crippen LogP contribution in [0.4, 0.5) is 0 Å². The highest BCUT2D eigenvalue weighted by Crippen LogP contribution is 2.09. The average Bonchev–Trinajstić information content (AvgIpc) is 3.00. The Kier molecular flexibility index (Phi) is 7.11. The highest BCUT2D eigenvalue weighted by molar-refractivity contribution is 7.87. The third kappa shape index (κ3) is 6.62. The molecule has 1 saturated heterocycles. The van der Waals surface area contributed by atoms with Crippen LogP contribution < -0.4 is 9.44 Å². The van der Waals surface area contributed by atoms with Crippen molar-refractivity contribution in [2.75, 3.05) is 26.2 Å². The van der Waals surface area contributed by atoms with Gasteiger partial charge in [0, 0.05) is 18.1 Å². The standard InChI is InChI=1S/C15H24ClN3O2S/c16-15-7-5-14(6-8-15)13-18-22(20,21)17-9-1-2-10-19-11-3-4-12-19/h5-8,17-18H,1-4,9-13H2.